The van der Waals surface area contributed by atoms with Gasteiger partial charge >= 0.3 is 5.97 Å². The minimum absolute atomic E-state index is 0.0191. The number of azo groups is 1. The van der Waals surface area contributed by atoms with Crippen LogP contribution in [-0.2, 0) is 4.79 Å². The van der Waals surface area contributed by atoms with E-state index in [0.717, 1.165) is 12.8 Å². The average Bonchev–Trinajstić information content (AvgIpc) is 2.73. The van der Waals surface area contributed by atoms with Crippen molar-refractivity contribution >= 4 is 23.1 Å². The van der Waals surface area contributed by atoms with Crippen LogP contribution < -0.4 is 4.74 Å². The second-order valence-corrected chi connectivity index (χ2v) is 7.14. The average molecular weight is 395 g/mol. The Bertz CT molecular complexity index is 796. The van der Waals surface area contributed by atoms with Gasteiger partial charge in [0.2, 0.25) is 0 Å². The summed E-state index contributed by atoms with van der Waals surface area (Å²) in [5.74, 6) is 0.340. The summed E-state index contributed by atoms with van der Waals surface area (Å²) in [5.41, 5.74) is 1.97. The number of ketones is 1. The Hall–Kier alpha value is -2.82. The van der Waals surface area contributed by atoms with Crippen LogP contribution in [0.5, 0.6) is 5.75 Å². The van der Waals surface area contributed by atoms with Gasteiger partial charge in [-0.1, -0.05) is 45.4 Å². The van der Waals surface area contributed by atoms with Gasteiger partial charge in [-0.25, -0.2) is 0 Å². The van der Waals surface area contributed by atoms with Crippen molar-refractivity contribution < 1.29 is 14.3 Å². The van der Waals surface area contributed by atoms with Crippen LogP contribution in [0, 0.1) is 0 Å². The highest BCUT2D eigenvalue weighted by Crippen LogP contribution is 2.22. The van der Waals surface area contributed by atoms with E-state index in [1.54, 1.807) is 48.5 Å². The molecular weight excluding hydrogens is 364 g/mol. The molecular formula is C24H30N2O3. The molecule has 0 saturated carbocycles. The Morgan fingerprint density at radius 3 is 1.83 bits per heavy atom. The van der Waals surface area contributed by atoms with Crippen molar-refractivity contribution in [3.8, 4) is 5.75 Å². The van der Waals surface area contributed by atoms with Gasteiger partial charge in [0.1, 0.15) is 5.75 Å². The summed E-state index contributed by atoms with van der Waals surface area (Å²) in [5, 5.41) is 8.31. The number of rotatable bonds is 12. The summed E-state index contributed by atoms with van der Waals surface area (Å²) in [6.07, 6.45) is 8.67. The van der Waals surface area contributed by atoms with Crippen molar-refractivity contribution in [3.63, 3.8) is 0 Å². The van der Waals surface area contributed by atoms with Crippen LogP contribution in [0.2, 0.25) is 0 Å². The molecule has 0 aliphatic rings. The number of carbonyl (C=O) groups is 2. The maximum absolute atomic E-state index is 11.9. The lowest BCUT2D eigenvalue weighted by atomic mass is 10.1. The van der Waals surface area contributed by atoms with Crippen LogP contribution in [-0.4, -0.2) is 11.8 Å². The van der Waals surface area contributed by atoms with Crippen molar-refractivity contribution in [2.45, 2.75) is 65.2 Å². The Morgan fingerprint density at radius 2 is 1.28 bits per heavy atom. The van der Waals surface area contributed by atoms with Crippen LogP contribution in [0.3, 0.4) is 0 Å². The minimum atomic E-state index is -0.196. The van der Waals surface area contributed by atoms with E-state index in [1.807, 2.05) is 0 Å². The van der Waals surface area contributed by atoms with Crippen LogP contribution in [0.4, 0.5) is 11.4 Å². The molecule has 0 saturated heterocycles. The molecule has 29 heavy (non-hydrogen) atoms. The smallest absolute Gasteiger partial charge is 0.311 e. The van der Waals surface area contributed by atoms with E-state index in [0.29, 0.717) is 29.1 Å². The number of hydrogen-bond donors (Lipinski definition) is 0. The first-order valence-electron chi connectivity index (χ1n) is 10.4. The molecule has 2 aromatic rings. The molecule has 154 valence electrons. The minimum Gasteiger partial charge on any atom is -0.427 e. The summed E-state index contributed by atoms with van der Waals surface area (Å²) in [4.78, 5) is 23.2. The monoisotopic (exact) mass is 394 g/mol. The van der Waals surface area contributed by atoms with Gasteiger partial charge in [-0.2, -0.15) is 10.2 Å². The number of Topliss-reactive ketones (excluding diaryl/α,β-unsaturated/α-hetero) is 1. The topological polar surface area (TPSA) is 68.1 Å². The van der Waals surface area contributed by atoms with Gasteiger partial charge in [0.15, 0.2) is 5.78 Å². The van der Waals surface area contributed by atoms with Gasteiger partial charge in [-0.3, -0.25) is 9.59 Å². The molecule has 5 nitrogen and oxygen atoms in total. The molecule has 2 aromatic carbocycles. The Kier molecular flexibility index (Phi) is 9.76. The summed E-state index contributed by atoms with van der Waals surface area (Å²) < 4.78 is 5.37. The lowest BCUT2D eigenvalue weighted by Gasteiger charge is -2.04. The van der Waals surface area contributed by atoms with Gasteiger partial charge in [-0.05, 0) is 61.9 Å². The zero-order chi connectivity index (χ0) is 20.9. The Labute approximate surface area is 173 Å². The first-order valence-corrected chi connectivity index (χ1v) is 10.4. The predicted molar refractivity (Wildman–Crippen MR) is 115 cm³/mol. The van der Waals surface area contributed by atoms with E-state index in [2.05, 4.69) is 17.2 Å². The first-order chi connectivity index (χ1) is 14.1. The fourth-order valence-electron chi connectivity index (χ4n) is 2.87. The molecule has 5 heteroatoms. The van der Waals surface area contributed by atoms with E-state index in [-0.39, 0.29) is 11.8 Å². The molecule has 0 aliphatic carbocycles. The highest BCUT2D eigenvalue weighted by molar-refractivity contribution is 5.94. The van der Waals surface area contributed by atoms with Crippen molar-refractivity contribution in [1.82, 2.24) is 0 Å². The molecule has 0 bridgehead atoms. The summed E-state index contributed by atoms with van der Waals surface area (Å²) in [6.45, 7) is 3.74. The fourth-order valence-corrected chi connectivity index (χ4v) is 2.87. The van der Waals surface area contributed by atoms with Crippen molar-refractivity contribution in [1.29, 1.82) is 0 Å². The van der Waals surface area contributed by atoms with E-state index in [1.165, 1.54) is 39.0 Å². The molecule has 0 fully saturated rings. The van der Waals surface area contributed by atoms with Crippen LogP contribution >= 0.6 is 0 Å². The number of ether oxygens (including phenoxy) is 1. The standard InChI is InChI=1S/C24H30N2O3/c1-3-4-5-6-7-8-9-10-24(28)29-23-17-15-22(16-18-23)26-25-21-13-11-20(12-14-21)19(2)27/h11-18H,3-10H2,1-2H3. The van der Waals surface area contributed by atoms with Gasteiger partial charge in [-0.15, -0.1) is 0 Å². The van der Waals surface area contributed by atoms with Gasteiger partial charge < -0.3 is 4.74 Å². The van der Waals surface area contributed by atoms with Crippen molar-refractivity contribution in [2.75, 3.05) is 0 Å². The second kappa shape index (κ2) is 12.6. The zero-order valence-corrected chi connectivity index (χ0v) is 17.4. The molecule has 2 rings (SSSR count). The van der Waals surface area contributed by atoms with Crippen LogP contribution in [0.25, 0.3) is 0 Å². The quantitative estimate of drug-likeness (QED) is 0.124. The van der Waals surface area contributed by atoms with Crippen molar-refractivity contribution in [2.24, 2.45) is 10.2 Å². The number of carbonyl (C=O) groups excluding carboxylic acids is 2. The molecule has 0 unspecified atom stereocenters. The third kappa shape index (κ3) is 8.81. The molecule has 0 aliphatic heterocycles. The number of benzene rings is 2. The van der Waals surface area contributed by atoms with Crippen LogP contribution in [0.15, 0.2) is 58.8 Å². The van der Waals surface area contributed by atoms with Crippen LogP contribution in [0.1, 0.15) is 75.6 Å². The molecule has 0 aromatic heterocycles. The Morgan fingerprint density at radius 1 is 0.759 bits per heavy atom. The molecule has 0 amide bonds. The van der Waals surface area contributed by atoms with Crippen molar-refractivity contribution in [3.05, 3.63) is 54.1 Å². The lowest BCUT2D eigenvalue weighted by Crippen LogP contribution is -2.07. The van der Waals surface area contributed by atoms with Gasteiger partial charge in [0, 0.05) is 12.0 Å². The lowest BCUT2D eigenvalue weighted by molar-refractivity contribution is -0.134. The normalized spacial score (nSPS) is 11.0. The predicted octanol–water partition coefficient (Wildman–Crippen LogP) is 7.35. The summed E-state index contributed by atoms with van der Waals surface area (Å²) >= 11 is 0. The largest absolute Gasteiger partial charge is 0.427 e. The molecule has 0 N–H and O–H groups in total. The number of nitrogens with zero attached hydrogens (tertiary/aromatic N) is 2. The maximum Gasteiger partial charge on any atom is 0.311 e. The molecule has 0 spiro atoms. The van der Waals surface area contributed by atoms with E-state index >= 15 is 0 Å². The van der Waals surface area contributed by atoms with E-state index < -0.39 is 0 Å². The molecule has 0 atom stereocenters. The SMILES string of the molecule is CCCCCCCCCC(=O)Oc1ccc(N=Nc2ccc(C(C)=O)cc2)cc1. The first kappa shape index (κ1) is 22.5. The fraction of sp³-hybridized carbons (Fsp3) is 0.417. The number of hydrogen-bond acceptors (Lipinski definition) is 5. The molecule has 0 radical (unpaired) electrons. The molecule has 0 heterocycles. The zero-order valence-electron chi connectivity index (χ0n) is 17.4. The van der Waals surface area contributed by atoms with Gasteiger partial charge in [0.05, 0.1) is 11.4 Å². The van der Waals surface area contributed by atoms with Gasteiger partial charge in [0.25, 0.3) is 0 Å². The maximum atomic E-state index is 11.9. The number of esters is 1. The number of unbranched alkanes of at least 4 members (excludes halogenated alkanes) is 6. The second-order valence-electron chi connectivity index (χ2n) is 7.14. The summed E-state index contributed by atoms with van der Waals surface area (Å²) in [6, 6.07) is 13.9. The Balaban J connectivity index is 1.73. The highest BCUT2D eigenvalue weighted by Gasteiger charge is 2.05. The van der Waals surface area contributed by atoms with E-state index in [4.69, 9.17) is 4.74 Å². The third-order valence-electron chi connectivity index (χ3n) is 4.61. The third-order valence-corrected chi connectivity index (χ3v) is 4.61. The highest BCUT2D eigenvalue weighted by atomic mass is 16.5. The summed E-state index contributed by atoms with van der Waals surface area (Å²) in [7, 11) is 0. The van der Waals surface area contributed by atoms with E-state index in [9.17, 15) is 9.59 Å².